The van der Waals surface area contributed by atoms with Crippen molar-refractivity contribution < 1.29 is 22.0 Å². The van der Waals surface area contributed by atoms with Crippen LogP contribution in [0.5, 0.6) is 0 Å². The number of Topliss-reactive ketones (excluding diaryl/α,β-unsaturated/α-hetero) is 1. The molecule has 1 aliphatic heterocycles. The summed E-state index contributed by atoms with van der Waals surface area (Å²) in [6.07, 6.45) is 3.56. The number of nitrogens with zero attached hydrogens (tertiary/aromatic N) is 5. The molecule has 3 heterocycles. The summed E-state index contributed by atoms with van der Waals surface area (Å²) in [6, 6.07) is 6.76. The zero-order chi connectivity index (χ0) is 26.5. The van der Waals surface area contributed by atoms with Gasteiger partial charge in [-0.15, -0.1) is 0 Å². The Balaban J connectivity index is 1.58. The Kier molecular flexibility index (Phi) is 6.30. The van der Waals surface area contributed by atoms with Crippen LogP contribution in [0.3, 0.4) is 0 Å². The van der Waals surface area contributed by atoms with E-state index in [9.17, 15) is 22.0 Å². The third-order valence-electron chi connectivity index (χ3n) is 6.43. The summed E-state index contributed by atoms with van der Waals surface area (Å²) in [4.78, 5) is 21.0. The van der Waals surface area contributed by atoms with Crippen molar-refractivity contribution in [2.75, 3.05) is 22.9 Å². The second-order valence-corrected chi connectivity index (χ2v) is 11.5. The number of nitrogens with one attached hydrogen (secondary N) is 1. The number of aromatic nitrogens is 3. The molecule has 0 unspecified atom stereocenters. The van der Waals surface area contributed by atoms with E-state index in [1.807, 2.05) is 13.1 Å². The van der Waals surface area contributed by atoms with Crippen LogP contribution in [0.1, 0.15) is 29.8 Å². The van der Waals surface area contributed by atoms with Crippen molar-refractivity contribution in [3.63, 3.8) is 0 Å². The molecule has 1 fully saturated rings. The zero-order valence-electron chi connectivity index (χ0n) is 20.6. The molecule has 194 valence electrons. The van der Waals surface area contributed by atoms with Crippen LogP contribution in [0.25, 0.3) is 5.69 Å². The molecule has 3 aromatic rings. The van der Waals surface area contributed by atoms with Gasteiger partial charge in [0.05, 0.1) is 52.3 Å². The van der Waals surface area contributed by atoms with E-state index in [-0.39, 0.29) is 35.9 Å². The Labute approximate surface area is 213 Å². The van der Waals surface area contributed by atoms with Gasteiger partial charge in [-0.25, -0.2) is 26.9 Å². The number of hydrogen-bond acceptors (Lipinski definition) is 7. The molecular weight excluding hydrogens is 502 g/mol. The zero-order valence-corrected chi connectivity index (χ0v) is 21.4. The van der Waals surface area contributed by atoms with Crippen LogP contribution in [0, 0.1) is 12.8 Å². The molecule has 1 aliphatic carbocycles. The van der Waals surface area contributed by atoms with Crippen LogP contribution in [0.2, 0.25) is 0 Å². The minimum absolute atomic E-state index is 0.0350. The summed E-state index contributed by atoms with van der Waals surface area (Å²) in [5, 5.41) is 7.48. The molecule has 2 aromatic heterocycles. The number of alkyl halides is 2. The minimum atomic E-state index is -3.64. The van der Waals surface area contributed by atoms with Gasteiger partial charge in [0.1, 0.15) is 11.5 Å². The second-order valence-electron chi connectivity index (χ2n) is 9.47. The quantitative estimate of drug-likeness (QED) is 0.447. The monoisotopic (exact) mass is 528 g/mol. The molecule has 1 saturated carbocycles. The molecule has 0 saturated heterocycles. The van der Waals surface area contributed by atoms with Gasteiger partial charge in [-0.3, -0.25) is 14.1 Å². The molecule has 1 N–H and O–H groups in total. The molecule has 2 aliphatic rings. The van der Waals surface area contributed by atoms with Crippen LogP contribution in [-0.2, 0) is 27.7 Å². The molecule has 0 radical (unpaired) electrons. The van der Waals surface area contributed by atoms with E-state index >= 15 is 0 Å². The van der Waals surface area contributed by atoms with Gasteiger partial charge in [0, 0.05) is 32.0 Å². The molecule has 1 aromatic carbocycles. The Bertz CT molecular complexity index is 1530. The van der Waals surface area contributed by atoms with Gasteiger partial charge in [0.15, 0.2) is 0 Å². The summed E-state index contributed by atoms with van der Waals surface area (Å²) in [5.41, 5.74) is 3.48. The highest BCUT2D eigenvalue weighted by molar-refractivity contribution is 7.92. The maximum atomic E-state index is 13.5. The first-order valence-electron chi connectivity index (χ1n) is 11.8. The van der Waals surface area contributed by atoms with E-state index in [4.69, 9.17) is 0 Å². The summed E-state index contributed by atoms with van der Waals surface area (Å²) in [7, 11) is -2.21. The van der Waals surface area contributed by atoms with Crippen LogP contribution in [-0.4, -0.2) is 54.4 Å². The van der Waals surface area contributed by atoms with Crippen LogP contribution >= 0.6 is 0 Å². The van der Waals surface area contributed by atoms with E-state index in [1.165, 1.54) is 7.05 Å². The molecule has 0 bridgehead atoms. The molecule has 0 spiro atoms. The third kappa shape index (κ3) is 5.24. The standard InChI is InChI=1S/C25H26F2N6O3S/c1-14-12-28-33(13-14)17-6-7-18(22(10-17)32(2)37(3,35)36)30-19-8-16(9-23(34)15-4-5-15)29-20-11-21(25(26)27)31-24(19)20/h6-8,10,12-13,15,25H,4-5,9,11H2,1-3H3,(H,29,30). The number of benzene rings is 1. The van der Waals surface area contributed by atoms with Gasteiger partial charge >= 0.3 is 0 Å². The number of halogens is 2. The summed E-state index contributed by atoms with van der Waals surface area (Å²) >= 11 is 0. The smallest absolute Gasteiger partial charge is 0.277 e. The topological polar surface area (TPSA) is 110 Å². The number of sulfonamides is 1. The van der Waals surface area contributed by atoms with Crippen molar-refractivity contribution in [2.45, 2.75) is 39.0 Å². The van der Waals surface area contributed by atoms with E-state index in [2.05, 4.69) is 20.4 Å². The van der Waals surface area contributed by atoms with Gasteiger partial charge in [-0.05, 0) is 49.6 Å². The maximum absolute atomic E-state index is 13.5. The molecule has 0 atom stereocenters. The molecule has 5 rings (SSSR count). The van der Waals surface area contributed by atoms with Crippen molar-refractivity contribution in [1.29, 1.82) is 0 Å². The normalized spacial score (nSPS) is 15.0. The first kappa shape index (κ1) is 25.0. The summed E-state index contributed by atoms with van der Waals surface area (Å²) in [5.74, 6) is 0.107. The molecule has 37 heavy (non-hydrogen) atoms. The average molecular weight is 529 g/mol. The Morgan fingerprint density at radius 3 is 2.62 bits per heavy atom. The summed E-state index contributed by atoms with van der Waals surface area (Å²) < 4.78 is 54.6. The number of aliphatic imine (C=N–C) groups is 1. The predicted molar refractivity (Wildman–Crippen MR) is 137 cm³/mol. The Morgan fingerprint density at radius 1 is 1.24 bits per heavy atom. The van der Waals surface area contributed by atoms with Crippen LogP contribution < -0.4 is 9.62 Å². The van der Waals surface area contributed by atoms with Crippen molar-refractivity contribution in [3.8, 4) is 5.69 Å². The Morgan fingerprint density at radius 2 is 2.00 bits per heavy atom. The van der Waals surface area contributed by atoms with Crippen molar-refractivity contribution in [3.05, 3.63) is 53.6 Å². The fourth-order valence-electron chi connectivity index (χ4n) is 4.20. The number of carbonyl (C=O) groups is 1. The van der Waals surface area contributed by atoms with E-state index in [0.717, 1.165) is 29.0 Å². The van der Waals surface area contributed by atoms with Crippen molar-refractivity contribution in [1.82, 2.24) is 14.8 Å². The van der Waals surface area contributed by atoms with Gasteiger partial charge in [0.2, 0.25) is 10.0 Å². The van der Waals surface area contributed by atoms with Gasteiger partial charge in [-0.2, -0.15) is 5.10 Å². The number of hydrogen-bond donors (Lipinski definition) is 1. The van der Waals surface area contributed by atoms with Crippen molar-refractivity contribution >= 4 is 44.3 Å². The van der Waals surface area contributed by atoms with E-state index in [1.54, 1.807) is 35.1 Å². The van der Waals surface area contributed by atoms with E-state index < -0.39 is 16.4 Å². The fraction of sp³-hybridized carbons (Fsp3) is 0.360. The fourth-order valence-corrected chi connectivity index (χ4v) is 4.71. The average Bonchev–Trinajstić information content (AvgIpc) is 3.45. The number of pyridine rings is 1. The Hall–Kier alpha value is -3.67. The molecule has 12 heteroatoms. The lowest BCUT2D eigenvalue weighted by molar-refractivity contribution is -0.119. The number of fused-ring (bicyclic) bond motifs is 1. The van der Waals surface area contributed by atoms with Gasteiger partial charge in [0.25, 0.3) is 6.43 Å². The summed E-state index contributed by atoms with van der Waals surface area (Å²) in [6.45, 7) is 1.90. The number of rotatable bonds is 9. The van der Waals surface area contributed by atoms with Crippen LogP contribution in [0.4, 0.5) is 31.5 Å². The second kappa shape index (κ2) is 9.33. The van der Waals surface area contributed by atoms with Crippen LogP contribution in [0.15, 0.2) is 41.7 Å². The highest BCUT2D eigenvalue weighted by atomic mass is 32.2. The highest BCUT2D eigenvalue weighted by Crippen LogP contribution is 2.40. The third-order valence-corrected chi connectivity index (χ3v) is 7.62. The van der Waals surface area contributed by atoms with Gasteiger partial charge in [-0.1, -0.05) is 0 Å². The first-order valence-corrected chi connectivity index (χ1v) is 13.6. The lowest BCUT2D eigenvalue weighted by Crippen LogP contribution is -2.25. The molecule has 9 nitrogen and oxygen atoms in total. The maximum Gasteiger partial charge on any atom is 0.277 e. The minimum Gasteiger partial charge on any atom is -0.352 e. The number of carbonyl (C=O) groups excluding carboxylic acids is 1. The number of anilines is 3. The lowest BCUT2D eigenvalue weighted by Gasteiger charge is -2.22. The van der Waals surface area contributed by atoms with Crippen molar-refractivity contribution in [2.24, 2.45) is 10.9 Å². The molecular formula is C25H26F2N6O3S. The molecule has 0 amide bonds. The predicted octanol–water partition coefficient (Wildman–Crippen LogP) is 4.13. The number of ketones is 1. The highest BCUT2D eigenvalue weighted by Gasteiger charge is 2.31. The van der Waals surface area contributed by atoms with Gasteiger partial charge < -0.3 is 5.32 Å². The lowest BCUT2D eigenvalue weighted by atomic mass is 10.1. The number of aryl methyl sites for hydroxylation is 1. The van der Waals surface area contributed by atoms with E-state index in [0.29, 0.717) is 34.1 Å². The largest absolute Gasteiger partial charge is 0.352 e. The SMILES string of the molecule is Cc1cnn(-c2ccc(Nc3cc(CC(=O)C4CC4)nc4c3N=C(C(F)F)C4)c(N(C)S(C)(=O)=O)c2)c1. The first-order chi connectivity index (χ1) is 17.5.